The Balaban J connectivity index is 2.80. The van der Waals surface area contributed by atoms with Crippen LogP contribution in [0.5, 0.6) is 0 Å². The number of hydrogen-bond acceptors (Lipinski definition) is 2. The van der Waals surface area contributed by atoms with E-state index < -0.39 is 0 Å². The van der Waals surface area contributed by atoms with E-state index in [1.807, 2.05) is 0 Å². The van der Waals surface area contributed by atoms with Crippen molar-refractivity contribution < 1.29 is 4.74 Å². The molecule has 0 aromatic rings. The zero-order valence-corrected chi connectivity index (χ0v) is 6.03. The average Bonchev–Trinajstić information content (AvgIpc) is 1.89. The molecule has 52 valence electrons. The fourth-order valence-corrected chi connectivity index (χ4v) is 0.408. The average molecular weight is 127 g/mol. The van der Waals surface area contributed by atoms with Gasteiger partial charge in [-0.05, 0) is 13.0 Å². The van der Waals surface area contributed by atoms with Crippen LogP contribution in [0.4, 0.5) is 0 Å². The van der Waals surface area contributed by atoms with Crippen LogP contribution in [0, 0.1) is 12.0 Å². The monoisotopic (exact) mass is 127 g/mol. The highest BCUT2D eigenvalue weighted by molar-refractivity contribution is 4.84. The summed E-state index contributed by atoms with van der Waals surface area (Å²) in [6.45, 7) is 5.39. The maximum Gasteiger partial charge on any atom is 0.151 e. The van der Waals surface area contributed by atoms with Gasteiger partial charge in [-0.2, -0.15) is 0 Å². The molecule has 0 amide bonds. The first-order chi connectivity index (χ1) is 4.41. The lowest BCUT2D eigenvalue weighted by atomic mass is 10.5. The molecule has 0 aliphatic rings. The van der Waals surface area contributed by atoms with Gasteiger partial charge < -0.3 is 4.74 Å². The second kappa shape index (κ2) is 7.32. The van der Waals surface area contributed by atoms with Gasteiger partial charge in [-0.15, -0.1) is 0 Å². The van der Waals surface area contributed by atoms with Crippen LogP contribution in [0.1, 0.15) is 20.3 Å². The zero-order valence-electron chi connectivity index (χ0n) is 6.03. The van der Waals surface area contributed by atoms with Crippen LogP contribution >= 0.6 is 0 Å². The molecule has 2 heteroatoms. The Kier molecular flexibility index (Phi) is 6.77. The maximum atomic E-state index is 4.81. The Morgan fingerprint density at radius 2 is 2.33 bits per heavy atom. The highest BCUT2D eigenvalue weighted by Crippen LogP contribution is 1.69. The van der Waals surface area contributed by atoms with Crippen molar-refractivity contribution in [3.8, 4) is 12.0 Å². The summed E-state index contributed by atoms with van der Waals surface area (Å²) in [7, 11) is 0. The number of nitrogens with one attached hydrogen (secondary N) is 1. The Hall–Kier alpha value is -0.680. The normalized spacial score (nSPS) is 7.78. The molecule has 0 saturated heterocycles. The maximum absolute atomic E-state index is 4.81. The molecule has 1 N–H and O–H groups in total. The largest absolute Gasteiger partial charge is 0.431 e. The molecule has 0 rings (SSSR count). The molecular weight excluding hydrogens is 114 g/mol. The van der Waals surface area contributed by atoms with Gasteiger partial charge >= 0.3 is 0 Å². The van der Waals surface area contributed by atoms with Crippen molar-refractivity contribution >= 4 is 0 Å². The molecule has 0 atom stereocenters. The molecule has 0 heterocycles. The van der Waals surface area contributed by atoms with Gasteiger partial charge in [-0.1, -0.05) is 12.8 Å². The molecule has 0 spiro atoms. The van der Waals surface area contributed by atoms with Gasteiger partial charge in [-0.25, -0.2) is 0 Å². The van der Waals surface area contributed by atoms with Gasteiger partial charge in [0.15, 0.2) is 6.73 Å². The van der Waals surface area contributed by atoms with Crippen LogP contribution in [-0.4, -0.2) is 13.3 Å². The summed E-state index contributed by atoms with van der Waals surface area (Å²) in [5, 5.41) is 3.05. The lowest BCUT2D eigenvalue weighted by Crippen LogP contribution is -2.16. The summed E-state index contributed by atoms with van der Waals surface area (Å²) in [6, 6.07) is 0. The molecule has 0 bridgehead atoms. The van der Waals surface area contributed by atoms with E-state index in [0.29, 0.717) is 6.73 Å². The second-order valence-corrected chi connectivity index (χ2v) is 1.64. The molecule has 0 fully saturated rings. The molecular formula is C7H13NO. The summed E-state index contributed by atoms with van der Waals surface area (Å²) in [5.74, 6) is 2.63. The predicted octanol–water partition coefficient (Wildman–Crippen LogP) is 0.941. The third-order valence-electron chi connectivity index (χ3n) is 0.775. The molecule has 0 aromatic heterocycles. The predicted molar refractivity (Wildman–Crippen MR) is 37.7 cm³/mol. The third-order valence-corrected chi connectivity index (χ3v) is 0.775. The van der Waals surface area contributed by atoms with Crippen molar-refractivity contribution in [3.63, 3.8) is 0 Å². The van der Waals surface area contributed by atoms with Crippen molar-refractivity contribution in [1.29, 1.82) is 0 Å². The van der Waals surface area contributed by atoms with E-state index in [1.54, 1.807) is 6.92 Å². The SMILES string of the molecule is CC#COCNCCC. The van der Waals surface area contributed by atoms with Crippen LogP contribution < -0.4 is 5.32 Å². The lowest BCUT2D eigenvalue weighted by molar-refractivity contribution is 0.247. The van der Waals surface area contributed by atoms with Gasteiger partial charge in [0.05, 0.1) is 0 Å². The van der Waals surface area contributed by atoms with Crippen molar-refractivity contribution in [1.82, 2.24) is 5.32 Å². The van der Waals surface area contributed by atoms with E-state index in [4.69, 9.17) is 4.74 Å². The van der Waals surface area contributed by atoms with Crippen molar-refractivity contribution in [2.24, 2.45) is 0 Å². The summed E-state index contributed by atoms with van der Waals surface area (Å²) in [4.78, 5) is 0. The summed E-state index contributed by atoms with van der Waals surface area (Å²) < 4.78 is 4.81. The van der Waals surface area contributed by atoms with E-state index in [0.717, 1.165) is 13.0 Å². The smallest absolute Gasteiger partial charge is 0.151 e. The molecule has 0 aliphatic heterocycles. The first kappa shape index (κ1) is 8.32. The van der Waals surface area contributed by atoms with Crippen molar-refractivity contribution in [2.45, 2.75) is 20.3 Å². The molecule has 2 nitrogen and oxygen atoms in total. The van der Waals surface area contributed by atoms with E-state index >= 15 is 0 Å². The Morgan fingerprint density at radius 3 is 2.89 bits per heavy atom. The number of ether oxygens (including phenoxy) is 1. The number of rotatable bonds is 4. The van der Waals surface area contributed by atoms with Gasteiger partial charge in [-0.3, -0.25) is 5.32 Å². The van der Waals surface area contributed by atoms with Crippen LogP contribution in [0.3, 0.4) is 0 Å². The standard InChI is InChI=1S/C7H13NO/c1-3-5-8-7-9-6-4-2/h8H,3,5,7H2,1-2H3. The lowest BCUT2D eigenvalue weighted by Gasteiger charge is -1.97. The summed E-state index contributed by atoms with van der Waals surface area (Å²) in [5.41, 5.74) is 0. The second-order valence-electron chi connectivity index (χ2n) is 1.64. The number of hydrogen-bond donors (Lipinski definition) is 1. The molecule has 0 aliphatic carbocycles. The third kappa shape index (κ3) is 7.32. The minimum absolute atomic E-state index is 0.536. The first-order valence-corrected chi connectivity index (χ1v) is 3.16. The topological polar surface area (TPSA) is 21.3 Å². The van der Waals surface area contributed by atoms with Gasteiger partial charge in [0, 0.05) is 6.92 Å². The van der Waals surface area contributed by atoms with Crippen LogP contribution in [0.2, 0.25) is 0 Å². The molecule has 0 aromatic carbocycles. The van der Waals surface area contributed by atoms with E-state index in [9.17, 15) is 0 Å². The molecule has 0 saturated carbocycles. The van der Waals surface area contributed by atoms with Crippen molar-refractivity contribution in [3.05, 3.63) is 0 Å². The highest BCUT2D eigenvalue weighted by atomic mass is 16.5. The van der Waals surface area contributed by atoms with E-state index in [1.165, 1.54) is 0 Å². The minimum Gasteiger partial charge on any atom is -0.431 e. The zero-order chi connectivity index (χ0) is 6.95. The molecule has 0 unspecified atom stereocenters. The van der Waals surface area contributed by atoms with Gasteiger partial charge in [0.2, 0.25) is 0 Å². The van der Waals surface area contributed by atoms with Crippen LogP contribution in [0.25, 0.3) is 0 Å². The molecule has 9 heavy (non-hydrogen) atoms. The fraction of sp³-hybridized carbons (Fsp3) is 0.714. The van der Waals surface area contributed by atoms with E-state index in [2.05, 4.69) is 24.3 Å². The Bertz CT molecular complexity index is 101. The quantitative estimate of drug-likeness (QED) is 0.345. The molecule has 0 radical (unpaired) electrons. The Labute approximate surface area is 56.6 Å². The van der Waals surface area contributed by atoms with Crippen molar-refractivity contribution in [2.75, 3.05) is 13.3 Å². The van der Waals surface area contributed by atoms with E-state index in [-0.39, 0.29) is 0 Å². The van der Waals surface area contributed by atoms with Crippen LogP contribution in [0.15, 0.2) is 0 Å². The fourth-order valence-electron chi connectivity index (χ4n) is 0.408. The van der Waals surface area contributed by atoms with Gasteiger partial charge in [0.25, 0.3) is 0 Å². The summed E-state index contributed by atoms with van der Waals surface area (Å²) in [6.07, 6.45) is 3.62. The van der Waals surface area contributed by atoms with Gasteiger partial charge in [0.1, 0.15) is 6.11 Å². The first-order valence-electron chi connectivity index (χ1n) is 3.16. The highest BCUT2D eigenvalue weighted by Gasteiger charge is 1.78. The van der Waals surface area contributed by atoms with Crippen LogP contribution in [-0.2, 0) is 4.74 Å². The summed E-state index contributed by atoms with van der Waals surface area (Å²) >= 11 is 0. The minimum atomic E-state index is 0.536. The Morgan fingerprint density at radius 1 is 1.56 bits per heavy atom.